The van der Waals surface area contributed by atoms with Gasteiger partial charge >= 0.3 is 0 Å². The van der Waals surface area contributed by atoms with Gasteiger partial charge in [-0.25, -0.2) is 9.97 Å². The number of thioether (sulfide) groups is 1. The topological polar surface area (TPSA) is 37.8 Å². The van der Waals surface area contributed by atoms with Gasteiger partial charge in [-0.1, -0.05) is 48.7 Å². The maximum atomic E-state index is 6.28. The number of nitrogens with zero attached hydrogens (tertiary/aromatic N) is 2. The van der Waals surface area contributed by atoms with Crippen molar-refractivity contribution < 1.29 is 0 Å². The molecule has 0 spiro atoms. The van der Waals surface area contributed by atoms with E-state index in [4.69, 9.17) is 11.6 Å². The molecule has 1 aromatic rings. The molecule has 0 bridgehead atoms. The number of hydrogen-bond acceptors (Lipinski definition) is 4. The molecule has 0 saturated carbocycles. The minimum Gasteiger partial charge on any atom is -0.345 e. The van der Waals surface area contributed by atoms with E-state index in [9.17, 15) is 0 Å². The molecule has 0 aliphatic heterocycles. The summed E-state index contributed by atoms with van der Waals surface area (Å²) in [4.78, 5) is 8.94. The lowest BCUT2D eigenvalue weighted by Crippen LogP contribution is -2.01. The Morgan fingerprint density at radius 3 is 2.64 bits per heavy atom. The van der Waals surface area contributed by atoms with Gasteiger partial charge in [0.05, 0.1) is 0 Å². The van der Waals surface area contributed by atoms with E-state index in [2.05, 4.69) is 28.4 Å². The van der Waals surface area contributed by atoms with Crippen molar-refractivity contribution in [2.45, 2.75) is 32.9 Å². The van der Waals surface area contributed by atoms with Gasteiger partial charge < -0.3 is 5.32 Å². The average molecular weight is 336 g/mol. The summed E-state index contributed by atoms with van der Waals surface area (Å²) in [5.74, 6) is 1.45. The van der Waals surface area contributed by atoms with Crippen molar-refractivity contribution in [2.24, 2.45) is 0 Å². The number of nitrogens with one attached hydrogen (secondary N) is 1. The first-order valence-electron chi connectivity index (χ1n) is 6.92. The molecule has 118 valence electrons. The number of hydrogen-bond donors (Lipinski definition) is 1. The molecule has 3 nitrogen and oxygen atoms in total. The Hall–Kier alpha value is -1.52. The van der Waals surface area contributed by atoms with Gasteiger partial charge in [-0.05, 0) is 38.8 Å². The summed E-state index contributed by atoms with van der Waals surface area (Å²) >= 11 is 7.83. The van der Waals surface area contributed by atoms with Crippen molar-refractivity contribution >= 4 is 29.2 Å². The fourth-order valence-corrected chi connectivity index (χ4v) is 3.02. The van der Waals surface area contributed by atoms with Gasteiger partial charge in [0, 0.05) is 28.2 Å². The zero-order chi connectivity index (χ0) is 16.7. The van der Waals surface area contributed by atoms with Crippen LogP contribution in [0.2, 0.25) is 0 Å². The van der Waals surface area contributed by atoms with Crippen molar-refractivity contribution in [1.29, 1.82) is 0 Å². The summed E-state index contributed by atoms with van der Waals surface area (Å²) in [5, 5.41) is 4.56. The molecular weight excluding hydrogens is 314 g/mol. The lowest BCUT2D eigenvalue weighted by Gasteiger charge is -2.10. The van der Waals surface area contributed by atoms with Crippen LogP contribution in [0.15, 0.2) is 58.4 Å². The minimum atomic E-state index is 0.691. The zero-order valence-corrected chi connectivity index (χ0v) is 15.1. The van der Waals surface area contributed by atoms with E-state index < -0.39 is 0 Å². The van der Waals surface area contributed by atoms with Crippen LogP contribution < -0.4 is 5.32 Å². The molecule has 0 aliphatic rings. The van der Waals surface area contributed by atoms with Crippen LogP contribution in [-0.2, 0) is 0 Å². The summed E-state index contributed by atoms with van der Waals surface area (Å²) in [6, 6.07) is 1.89. The van der Waals surface area contributed by atoms with Crippen LogP contribution in [0, 0.1) is 6.92 Å². The van der Waals surface area contributed by atoms with Crippen molar-refractivity contribution in [3.8, 4) is 0 Å². The molecule has 0 amide bonds. The Bertz CT molecular complexity index is 633. The predicted octanol–water partition coefficient (Wildman–Crippen LogP) is 5.47. The number of aromatic nitrogens is 2. The molecule has 0 aromatic carbocycles. The monoisotopic (exact) mass is 335 g/mol. The van der Waals surface area contributed by atoms with Gasteiger partial charge in [-0.15, -0.1) is 0 Å². The smallest absolute Gasteiger partial charge is 0.190 e. The van der Waals surface area contributed by atoms with Crippen LogP contribution in [0.25, 0.3) is 0 Å². The number of aryl methyl sites for hydroxylation is 1. The Balaban J connectivity index is 2.97. The molecule has 0 radical (unpaired) electrons. The van der Waals surface area contributed by atoms with Crippen molar-refractivity contribution in [1.82, 2.24) is 9.97 Å². The summed E-state index contributed by atoms with van der Waals surface area (Å²) in [6.07, 6.45) is 3.70. The normalized spacial score (nSPS) is 12.7. The summed E-state index contributed by atoms with van der Waals surface area (Å²) < 4.78 is 0. The van der Waals surface area contributed by atoms with Gasteiger partial charge in [0.15, 0.2) is 5.16 Å². The molecular formula is C17H22ClN3S. The number of rotatable bonds is 7. The molecule has 0 saturated heterocycles. The first-order valence-corrected chi connectivity index (χ1v) is 8.29. The van der Waals surface area contributed by atoms with E-state index in [-0.39, 0.29) is 0 Å². The van der Waals surface area contributed by atoms with Gasteiger partial charge in [0.2, 0.25) is 0 Å². The van der Waals surface area contributed by atoms with E-state index in [1.54, 1.807) is 11.8 Å². The molecule has 1 aromatic heterocycles. The van der Waals surface area contributed by atoms with Crippen LogP contribution in [-0.4, -0.2) is 15.7 Å². The quantitative estimate of drug-likeness (QED) is 0.407. The highest BCUT2D eigenvalue weighted by Gasteiger charge is 2.09. The number of anilines is 1. The second-order valence-electron chi connectivity index (χ2n) is 4.87. The average Bonchev–Trinajstić information content (AvgIpc) is 2.45. The maximum Gasteiger partial charge on any atom is 0.190 e. The van der Waals surface area contributed by atoms with E-state index in [1.807, 2.05) is 45.9 Å². The second kappa shape index (κ2) is 8.81. The van der Waals surface area contributed by atoms with Gasteiger partial charge in [-0.3, -0.25) is 0 Å². The molecule has 0 fully saturated rings. The Morgan fingerprint density at radius 1 is 1.41 bits per heavy atom. The van der Waals surface area contributed by atoms with E-state index in [0.29, 0.717) is 10.9 Å². The third-order valence-electron chi connectivity index (χ3n) is 2.84. The van der Waals surface area contributed by atoms with E-state index >= 15 is 0 Å². The lowest BCUT2D eigenvalue weighted by atomic mass is 10.1. The van der Waals surface area contributed by atoms with Gasteiger partial charge in [-0.2, -0.15) is 0 Å². The summed E-state index contributed by atoms with van der Waals surface area (Å²) in [7, 11) is 0. The Morgan fingerprint density at radius 2 is 2.09 bits per heavy atom. The molecule has 1 N–H and O–H groups in total. The van der Waals surface area contributed by atoms with E-state index in [1.165, 1.54) is 0 Å². The largest absolute Gasteiger partial charge is 0.345 e. The van der Waals surface area contributed by atoms with Crippen LogP contribution in [0.3, 0.4) is 0 Å². The third kappa shape index (κ3) is 5.70. The fourth-order valence-electron chi connectivity index (χ4n) is 1.69. The van der Waals surface area contributed by atoms with Crippen LogP contribution in [0.1, 0.15) is 26.5 Å². The predicted molar refractivity (Wildman–Crippen MR) is 98.4 cm³/mol. The van der Waals surface area contributed by atoms with Gasteiger partial charge in [0.1, 0.15) is 5.82 Å². The fraction of sp³-hybridized carbons (Fsp3) is 0.294. The SMILES string of the molecule is C=C/C(C)=C(CSc1nc(C)cc(NC(=C)C)n1)\C(Cl)=C/C. The van der Waals surface area contributed by atoms with Gasteiger partial charge in [0.25, 0.3) is 0 Å². The first kappa shape index (κ1) is 18.5. The standard InChI is InChI=1S/C17H22ClN3S/c1-7-12(5)14(15(18)8-2)10-22-17-20-13(6)9-16(21-17)19-11(3)4/h7-9H,1,3,10H2,2,4-6H3,(H,19,20,21)/b14-12-,15-8+. The molecule has 1 rings (SSSR count). The van der Waals surface area contributed by atoms with Crippen LogP contribution >= 0.6 is 23.4 Å². The Labute approximate surface area is 142 Å². The van der Waals surface area contributed by atoms with E-state index in [0.717, 1.165) is 33.4 Å². The summed E-state index contributed by atoms with van der Waals surface area (Å²) in [6.45, 7) is 15.4. The van der Waals surface area contributed by atoms with Crippen LogP contribution in [0.5, 0.6) is 0 Å². The summed E-state index contributed by atoms with van der Waals surface area (Å²) in [5.41, 5.74) is 3.85. The molecule has 5 heteroatoms. The number of allylic oxidation sites excluding steroid dienone is 5. The second-order valence-corrected chi connectivity index (χ2v) is 6.22. The molecule has 1 heterocycles. The third-order valence-corrected chi connectivity index (χ3v) is 4.16. The maximum absolute atomic E-state index is 6.28. The highest BCUT2D eigenvalue weighted by atomic mass is 35.5. The molecule has 22 heavy (non-hydrogen) atoms. The number of halogens is 1. The highest BCUT2D eigenvalue weighted by molar-refractivity contribution is 7.99. The van der Waals surface area contributed by atoms with Crippen molar-refractivity contribution in [2.75, 3.05) is 11.1 Å². The molecule has 0 atom stereocenters. The minimum absolute atomic E-state index is 0.691. The van der Waals surface area contributed by atoms with Crippen molar-refractivity contribution in [3.05, 3.63) is 58.9 Å². The highest BCUT2D eigenvalue weighted by Crippen LogP contribution is 2.27. The Kier molecular flexibility index (Phi) is 7.42. The zero-order valence-electron chi connectivity index (χ0n) is 13.5. The molecule has 0 aliphatic carbocycles. The van der Waals surface area contributed by atoms with Crippen molar-refractivity contribution in [3.63, 3.8) is 0 Å². The van der Waals surface area contributed by atoms with Crippen LogP contribution in [0.4, 0.5) is 5.82 Å². The lowest BCUT2D eigenvalue weighted by molar-refractivity contribution is 0.935. The first-order chi connectivity index (χ1) is 10.4. The molecule has 0 unspecified atom stereocenters.